The predicted octanol–water partition coefficient (Wildman–Crippen LogP) is 4.24. The summed E-state index contributed by atoms with van der Waals surface area (Å²) in [6.45, 7) is 2.07. The van der Waals surface area contributed by atoms with Gasteiger partial charge in [0.2, 0.25) is 0 Å². The predicted molar refractivity (Wildman–Crippen MR) is 88.6 cm³/mol. The van der Waals surface area contributed by atoms with Gasteiger partial charge in [-0.2, -0.15) is 10.2 Å². The number of rotatable bonds is 6. The molecule has 0 amide bonds. The van der Waals surface area contributed by atoms with Gasteiger partial charge in [0.05, 0.1) is 19.5 Å². The summed E-state index contributed by atoms with van der Waals surface area (Å²) in [5, 5.41) is 7.82. The van der Waals surface area contributed by atoms with Crippen molar-refractivity contribution in [3.05, 3.63) is 65.0 Å². The van der Waals surface area contributed by atoms with Gasteiger partial charge in [0, 0.05) is 5.56 Å². The smallest absolute Gasteiger partial charge is 0.132 e. The van der Waals surface area contributed by atoms with Gasteiger partial charge in [0.25, 0.3) is 0 Å². The SMILES string of the molecule is CCCc1ccc(C=NN=Cc2ccc(OC)cc2)c(F)c1. The van der Waals surface area contributed by atoms with Gasteiger partial charge in [-0.15, -0.1) is 0 Å². The molecule has 0 aliphatic carbocycles. The summed E-state index contributed by atoms with van der Waals surface area (Å²) in [5.74, 6) is 0.518. The van der Waals surface area contributed by atoms with Gasteiger partial charge in [-0.05, 0) is 47.9 Å². The van der Waals surface area contributed by atoms with Crippen LogP contribution in [0.3, 0.4) is 0 Å². The highest BCUT2D eigenvalue weighted by atomic mass is 19.1. The van der Waals surface area contributed by atoms with Crippen LogP contribution in [0.2, 0.25) is 0 Å². The van der Waals surface area contributed by atoms with Crippen molar-refractivity contribution in [2.45, 2.75) is 19.8 Å². The molecular weight excluding hydrogens is 279 g/mol. The minimum Gasteiger partial charge on any atom is -0.497 e. The Hall–Kier alpha value is -2.49. The molecular formula is C18H19FN2O. The van der Waals surface area contributed by atoms with E-state index in [4.69, 9.17) is 4.74 Å². The Labute approximate surface area is 130 Å². The molecule has 0 spiro atoms. The lowest BCUT2D eigenvalue weighted by Gasteiger charge is -2.00. The average molecular weight is 298 g/mol. The molecule has 0 saturated carbocycles. The van der Waals surface area contributed by atoms with Crippen molar-refractivity contribution in [1.29, 1.82) is 0 Å². The van der Waals surface area contributed by atoms with Crippen molar-refractivity contribution < 1.29 is 9.13 Å². The van der Waals surface area contributed by atoms with Crippen molar-refractivity contribution in [1.82, 2.24) is 0 Å². The maximum Gasteiger partial charge on any atom is 0.132 e. The van der Waals surface area contributed by atoms with Crippen molar-refractivity contribution in [2.24, 2.45) is 10.2 Å². The highest BCUT2D eigenvalue weighted by Crippen LogP contribution is 2.11. The van der Waals surface area contributed by atoms with E-state index in [9.17, 15) is 4.39 Å². The number of halogens is 1. The molecule has 0 aliphatic rings. The second-order valence-electron chi connectivity index (χ2n) is 4.87. The van der Waals surface area contributed by atoms with E-state index in [1.165, 1.54) is 6.21 Å². The van der Waals surface area contributed by atoms with Gasteiger partial charge in [-0.3, -0.25) is 0 Å². The molecule has 0 bridgehead atoms. The summed E-state index contributed by atoms with van der Waals surface area (Å²) in [4.78, 5) is 0. The third-order valence-electron chi connectivity index (χ3n) is 3.19. The summed E-state index contributed by atoms with van der Waals surface area (Å²) in [6, 6.07) is 12.6. The van der Waals surface area contributed by atoms with Crippen molar-refractivity contribution >= 4 is 12.4 Å². The van der Waals surface area contributed by atoms with Crippen LogP contribution >= 0.6 is 0 Å². The second kappa shape index (κ2) is 8.08. The van der Waals surface area contributed by atoms with Gasteiger partial charge in [0.15, 0.2) is 0 Å². The van der Waals surface area contributed by atoms with E-state index in [1.807, 2.05) is 30.3 Å². The monoisotopic (exact) mass is 298 g/mol. The number of hydrogen-bond donors (Lipinski definition) is 0. The van der Waals surface area contributed by atoms with E-state index in [1.54, 1.807) is 25.5 Å². The molecule has 0 radical (unpaired) electrons. The fourth-order valence-electron chi connectivity index (χ4n) is 2.01. The Morgan fingerprint density at radius 3 is 2.41 bits per heavy atom. The lowest BCUT2D eigenvalue weighted by Crippen LogP contribution is -1.91. The first kappa shape index (κ1) is 15.9. The van der Waals surface area contributed by atoms with Gasteiger partial charge >= 0.3 is 0 Å². The van der Waals surface area contributed by atoms with Crippen LogP contribution in [0.5, 0.6) is 5.75 Å². The maximum absolute atomic E-state index is 13.9. The molecule has 22 heavy (non-hydrogen) atoms. The van der Waals surface area contributed by atoms with Crippen LogP contribution in [-0.2, 0) is 6.42 Å². The zero-order valence-electron chi connectivity index (χ0n) is 12.8. The van der Waals surface area contributed by atoms with E-state index in [0.717, 1.165) is 29.7 Å². The third kappa shape index (κ3) is 4.52. The number of hydrogen-bond acceptors (Lipinski definition) is 3. The number of benzene rings is 2. The summed E-state index contributed by atoms with van der Waals surface area (Å²) in [6.07, 6.45) is 4.91. The number of ether oxygens (including phenoxy) is 1. The molecule has 0 N–H and O–H groups in total. The topological polar surface area (TPSA) is 34.0 Å². The molecule has 0 atom stereocenters. The van der Waals surface area contributed by atoms with Crippen LogP contribution in [0.4, 0.5) is 4.39 Å². The van der Waals surface area contributed by atoms with E-state index in [-0.39, 0.29) is 5.82 Å². The van der Waals surface area contributed by atoms with Crippen LogP contribution in [0.15, 0.2) is 52.7 Å². The zero-order chi connectivity index (χ0) is 15.8. The van der Waals surface area contributed by atoms with Gasteiger partial charge < -0.3 is 4.74 Å². The van der Waals surface area contributed by atoms with Crippen molar-refractivity contribution in [3.8, 4) is 5.75 Å². The van der Waals surface area contributed by atoms with Gasteiger partial charge in [-0.1, -0.05) is 25.5 Å². The van der Waals surface area contributed by atoms with E-state index < -0.39 is 0 Å². The highest BCUT2D eigenvalue weighted by molar-refractivity contribution is 5.83. The lowest BCUT2D eigenvalue weighted by molar-refractivity contribution is 0.415. The van der Waals surface area contributed by atoms with Crippen molar-refractivity contribution in [3.63, 3.8) is 0 Å². The van der Waals surface area contributed by atoms with Crippen LogP contribution in [0.1, 0.15) is 30.0 Å². The Balaban J connectivity index is 2.00. The minimum absolute atomic E-state index is 0.269. The second-order valence-corrected chi connectivity index (χ2v) is 4.87. The minimum atomic E-state index is -0.269. The quantitative estimate of drug-likeness (QED) is 0.580. The van der Waals surface area contributed by atoms with Crippen LogP contribution < -0.4 is 4.74 Å². The van der Waals surface area contributed by atoms with E-state index >= 15 is 0 Å². The molecule has 0 fully saturated rings. The molecule has 114 valence electrons. The summed E-state index contributed by atoms with van der Waals surface area (Å²) >= 11 is 0. The van der Waals surface area contributed by atoms with Gasteiger partial charge in [0.1, 0.15) is 11.6 Å². The number of aryl methyl sites for hydroxylation is 1. The number of nitrogens with zero attached hydrogens (tertiary/aromatic N) is 2. The average Bonchev–Trinajstić information content (AvgIpc) is 2.54. The largest absolute Gasteiger partial charge is 0.497 e. The molecule has 0 saturated heterocycles. The zero-order valence-corrected chi connectivity index (χ0v) is 12.8. The molecule has 2 rings (SSSR count). The fraction of sp³-hybridized carbons (Fsp3) is 0.222. The van der Waals surface area contributed by atoms with Gasteiger partial charge in [-0.25, -0.2) is 4.39 Å². The first-order valence-corrected chi connectivity index (χ1v) is 7.22. The fourth-order valence-corrected chi connectivity index (χ4v) is 2.01. The molecule has 4 heteroatoms. The van der Waals surface area contributed by atoms with Crippen LogP contribution in [-0.4, -0.2) is 19.5 Å². The summed E-state index contributed by atoms with van der Waals surface area (Å²) in [7, 11) is 1.62. The Kier molecular flexibility index (Phi) is 5.83. The summed E-state index contributed by atoms with van der Waals surface area (Å²) < 4.78 is 18.9. The first-order valence-electron chi connectivity index (χ1n) is 7.22. The highest BCUT2D eigenvalue weighted by Gasteiger charge is 2.00. The molecule has 2 aromatic rings. The Morgan fingerprint density at radius 1 is 1.05 bits per heavy atom. The van der Waals surface area contributed by atoms with Crippen LogP contribution in [0.25, 0.3) is 0 Å². The van der Waals surface area contributed by atoms with E-state index in [2.05, 4.69) is 17.1 Å². The molecule has 3 nitrogen and oxygen atoms in total. The first-order chi connectivity index (χ1) is 10.7. The molecule has 0 aromatic heterocycles. The molecule has 0 heterocycles. The Morgan fingerprint density at radius 2 is 1.77 bits per heavy atom. The molecule has 0 aliphatic heterocycles. The lowest BCUT2D eigenvalue weighted by atomic mass is 10.1. The summed E-state index contributed by atoms with van der Waals surface area (Å²) in [5.41, 5.74) is 2.34. The van der Waals surface area contributed by atoms with Crippen LogP contribution in [0, 0.1) is 5.82 Å². The number of methoxy groups -OCH3 is 1. The normalized spacial score (nSPS) is 11.4. The standard InChI is InChI=1S/C18H19FN2O/c1-3-4-14-5-8-16(18(19)11-14)13-21-20-12-15-6-9-17(22-2)10-7-15/h5-13H,3-4H2,1-2H3. The Bertz CT molecular complexity index is 663. The van der Waals surface area contributed by atoms with E-state index in [0.29, 0.717) is 5.56 Å². The maximum atomic E-state index is 13.9. The third-order valence-corrected chi connectivity index (χ3v) is 3.19. The molecule has 0 unspecified atom stereocenters. The molecule has 2 aromatic carbocycles. The van der Waals surface area contributed by atoms with Crippen molar-refractivity contribution in [2.75, 3.05) is 7.11 Å².